The molecule has 0 saturated carbocycles. The Kier molecular flexibility index (Phi) is 5.93. The fourth-order valence-electron chi connectivity index (χ4n) is 2.50. The molecule has 7 nitrogen and oxygen atoms in total. The van der Waals surface area contributed by atoms with E-state index in [0.717, 1.165) is 5.56 Å². The van der Waals surface area contributed by atoms with E-state index in [4.69, 9.17) is 4.74 Å². The van der Waals surface area contributed by atoms with Gasteiger partial charge in [-0.2, -0.15) is 4.68 Å². The fraction of sp³-hybridized carbons (Fsp3) is 0.263. The number of halogens is 1. The van der Waals surface area contributed by atoms with Gasteiger partial charge in [-0.3, -0.25) is 4.79 Å². The number of nitrogens with one attached hydrogen (secondary N) is 1. The SMILES string of the molecule is COc1ccc(C)cc1-n1nnnc1S[C@H](C)C(=O)Nc1ccc(C)c(F)c1. The van der Waals surface area contributed by atoms with E-state index in [1.54, 1.807) is 33.1 Å². The van der Waals surface area contributed by atoms with Crippen molar-refractivity contribution in [3.8, 4) is 11.4 Å². The molecule has 0 radical (unpaired) electrons. The Morgan fingerprint density at radius 3 is 2.75 bits per heavy atom. The van der Waals surface area contributed by atoms with Gasteiger partial charge in [0.1, 0.15) is 17.3 Å². The molecule has 0 aliphatic rings. The zero-order chi connectivity index (χ0) is 20.3. The smallest absolute Gasteiger partial charge is 0.237 e. The Balaban J connectivity index is 1.77. The average molecular weight is 401 g/mol. The molecule has 0 saturated heterocycles. The predicted molar refractivity (Wildman–Crippen MR) is 106 cm³/mol. The van der Waals surface area contributed by atoms with Crippen LogP contribution in [-0.2, 0) is 4.79 Å². The molecule has 1 N–H and O–H groups in total. The molecule has 0 bridgehead atoms. The highest BCUT2D eigenvalue weighted by Crippen LogP contribution is 2.29. The Hall–Kier alpha value is -2.94. The fourth-order valence-corrected chi connectivity index (χ4v) is 3.30. The van der Waals surface area contributed by atoms with Gasteiger partial charge in [-0.05, 0) is 66.6 Å². The number of rotatable bonds is 6. The number of hydrogen-bond acceptors (Lipinski definition) is 6. The van der Waals surface area contributed by atoms with E-state index in [-0.39, 0.29) is 11.7 Å². The van der Waals surface area contributed by atoms with E-state index < -0.39 is 5.25 Å². The van der Waals surface area contributed by atoms with Gasteiger partial charge in [0.05, 0.1) is 12.4 Å². The van der Waals surface area contributed by atoms with Gasteiger partial charge in [-0.1, -0.05) is 23.9 Å². The first-order valence-electron chi connectivity index (χ1n) is 8.56. The summed E-state index contributed by atoms with van der Waals surface area (Å²) in [5, 5.41) is 14.4. The van der Waals surface area contributed by atoms with E-state index in [1.165, 1.54) is 22.5 Å². The van der Waals surface area contributed by atoms with Crippen LogP contribution in [0.2, 0.25) is 0 Å². The Bertz CT molecular complexity index is 1010. The van der Waals surface area contributed by atoms with Crippen molar-refractivity contribution in [3.05, 3.63) is 53.3 Å². The lowest BCUT2D eigenvalue weighted by Crippen LogP contribution is -2.23. The number of hydrogen-bond donors (Lipinski definition) is 1. The van der Waals surface area contributed by atoms with Gasteiger partial charge in [-0.25, -0.2) is 4.39 Å². The molecule has 3 aromatic rings. The minimum atomic E-state index is -0.509. The quantitative estimate of drug-likeness (QED) is 0.636. The molecule has 2 aromatic carbocycles. The number of tetrazole rings is 1. The van der Waals surface area contributed by atoms with E-state index in [2.05, 4.69) is 20.8 Å². The second-order valence-electron chi connectivity index (χ2n) is 6.26. The van der Waals surface area contributed by atoms with Gasteiger partial charge >= 0.3 is 0 Å². The molecular formula is C19H20FN5O2S. The van der Waals surface area contributed by atoms with Crippen LogP contribution in [0.3, 0.4) is 0 Å². The summed E-state index contributed by atoms with van der Waals surface area (Å²) in [7, 11) is 1.57. The third kappa shape index (κ3) is 4.30. The van der Waals surface area contributed by atoms with Gasteiger partial charge < -0.3 is 10.1 Å². The van der Waals surface area contributed by atoms with Crippen molar-refractivity contribution in [1.82, 2.24) is 20.2 Å². The molecule has 28 heavy (non-hydrogen) atoms. The van der Waals surface area contributed by atoms with E-state index in [9.17, 15) is 9.18 Å². The van der Waals surface area contributed by atoms with Crippen molar-refractivity contribution in [1.29, 1.82) is 0 Å². The number of nitrogens with zero attached hydrogens (tertiary/aromatic N) is 4. The van der Waals surface area contributed by atoms with Crippen molar-refractivity contribution in [2.75, 3.05) is 12.4 Å². The molecule has 3 rings (SSSR count). The summed E-state index contributed by atoms with van der Waals surface area (Å²) in [6.07, 6.45) is 0. The average Bonchev–Trinajstić information content (AvgIpc) is 3.12. The van der Waals surface area contributed by atoms with Crippen molar-refractivity contribution in [2.45, 2.75) is 31.2 Å². The summed E-state index contributed by atoms with van der Waals surface area (Å²) < 4.78 is 20.6. The maximum absolute atomic E-state index is 13.7. The number of carbonyl (C=O) groups is 1. The van der Waals surface area contributed by atoms with E-state index in [1.807, 2.05) is 25.1 Å². The summed E-state index contributed by atoms with van der Waals surface area (Å²) >= 11 is 1.20. The highest BCUT2D eigenvalue weighted by molar-refractivity contribution is 8.00. The minimum Gasteiger partial charge on any atom is -0.494 e. The first kappa shape index (κ1) is 19.8. The molecule has 1 amide bonds. The van der Waals surface area contributed by atoms with E-state index in [0.29, 0.717) is 27.8 Å². The standard InChI is InChI=1S/C19H20FN5O2S/c1-11-5-8-17(27-4)16(9-11)25-19(22-23-24-25)28-13(3)18(26)21-14-7-6-12(2)15(20)10-14/h5-10,13H,1-4H3,(H,21,26)/t13-/m1/s1. The Morgan fingerprint density at radius 2 is 2.04 bits per heavy atom. The zero-order valence-corrected chi connectivity index (χ0v) is 16.7. The van der Waals surface area contributed by atoms with Crippen LogP contribution >= 0.6 is 11.8 Å². The first-order chi connectivity index (χ1) is 13.4. The summed E-state index contributed by atoms with van der Waals surface area (Å²) in [5.74, 6) is -0.0282. The van der Waals surface area contributed by atoms with Crippen LogP contribution in [0.1, 0.15) is 18.1 Å². The van der Waals surface area contributed by atoms with Crippen LogP contribution in [0, 0.1) is 19.7 Å². The number of aromatic nitrogens is 4. The second kappa shape index (κ2) is 8.39. The number of aryl methyl sites for hydroxylation is 2. The van der Waals surface area contributed by atoms with Crippen LogP contribution in [0.4, 0.5) is 10.1 Å². The third-order valence-corrected chi connectivity index (χ3v) is 5.13. The lowest BCUT2D eigenvalue weighted by atomic mass is 10.2. The minimum absolute atomic E-state index is 0.279. The molecule has 9 heteroatoms. The van der Waals surface area contributed by atoms with Crippen molar-refractivity contribution in [3.63, 3.8) is 0 Å². The molecule has 0 unspecified atom stereocenters. The largest absolute Gasteiger partial charge is 0.494 e. The van der Waals surface area contributed by atoms with Crippen LogP contribution in [-0.4, -0.2) is 38.5 Å². The number of methoxy groups -OCH3 is 1. The maximum Gasteiger partial charge on any atom is 0.237 e. The van der Waals surface area contributed by atoms with Crippen molar-refractivity contribution in [2.24, 2.45) is 0 Å². The number of thioether (sulfide) groups is 1. The molecule has 0 aliphatic heterocycles. The summed E-state index contributed by atoms with van der Waals surface area (Å²) in [6.45, 7) is 5.35. The van der Waals surface area contributed by atoms with Crippen LogP contribution in [0.5, 0.6) is 5.75 Å². The Labute approximate surface area is 166 Å². The maximum atomic E-state index is 13.7. The number of carbonyl (C=O) groups excluding carboxylic acids is 1. The van der Waals surface area contributed by atoms with Crippen LogP contribution in [0.25, 0.3) is 5.69 Å². The molecule has 146 valence electrons. The molecule has 0 fully saturated rings. The van der Waals surface area contributed by atoms with Gasteiger partial charge in [-0.15, -0.1) is 5.10 Å². The summed E-state index contributed by atoms with van der Waals surface area (Å²) in [6, 6.07) is 10.2. The predicted octanol–water partition coefficient (Wildman–Crippen LogP) is 3.55. The van der Waals surface area contributed by atoms with Crippen molar-refractivity contribution >= 4 is 23.4 Å². The van der Waals surface area contributed by atoms with Crippen LogP contribution < -0.4 is 10.1 Å². The normalized spacial score (nSPS) is 11.9. The molecule has 1 aromatic heterocycles. The number of amides is 1. The summed E-state index contributed by atoms with van der Waals surface area (Å²) in [5.41, 5.74) is 2.63. The lowest BCUT2D eigenvalue weighted by Gasteiger charge is -2.13. The molecule has 1 heterocycles. The third-order valence-electron chi connectivity index (χ3n) is 4.09. The molecule has 0 aliphatic carbocycles. The molecular weight excluding hydrogens is 381 g/mol. The van der Waals surface area contributed by atoms with Gasteiger partial charge in [0, 0.05) is 5.69 Å². The topological polar surface area (TPSA) is 81.9 Å². The monoisotopic (exact) mass is 401 g/mol. The van der Waals surface area contributed by atoms with Gasteiger partial charge in [0.15, 0.2) is 0 Å². The second-order valence-corrected chi connectivity index (χ2v) is 7.57. The number of ether oxygens (including phenoxy) is 1. The van der Waals surface area contributed by atoms with Crippen molar-refractivity contribution < 1.29 is 13.9 Å². The van der Waals surface area contributed by atoms with E-state index >= 15 is 0 Å². The lowest BCUT2D eigenvalue weighted by molar-refractivity contribution is -0.115. The number of anilines is 1. The summed E-state index contributed by atoms with van der Waals surface area (Å²) in [4.78, 5) is 12.5. The highest BCUT2D eigenvalue weighted by Gasteiger charge is 2.21. The van der Waals surface area contributed by atoms with Gasteiger partial charge in [0.25, 0.3) is 0 Å². The highest BCUT2D eigenvalue weighted by atomic mass is 32.2. The molecule has 1 atom stereocenters. The van der Waals surface area contributed by atoms with Gasteiger partial charge in [0.2, 0.25) is 11.1 Å². The number of benzene rings is 2. The van der Waals surface area contributed by atoms with Crippen LogP contribution in [0.15, 0.2) is 41.6 Å². The first-order valence-corrected chi connectivity index (χ1v) is 9.44. The Morgan fingerprint density at radius 1 is 1.25 bits per heavy atom. The zero-order valence-electron chi connectivity index (χ0n) is 15.9. The molecule has 0 spiro atoms.